The Hall–Kier alpha value is -5.16. The maximum absolute atomic E-state index is 15.0. The molecule has 2 aromatic heterocycles. The van der Waals surface area contributed by atoms with Crippen molar-refractivity contribution in [3.8, 4) is 11.3 Å². The standard InChI is InChI=1S/C41H41F3N6O2/c1-23-18-28(32-12-13-37(51)47-41(32)52)10-11-30(23)27-14-16-50(17-15-27)22-26-6-4-7-29(19-26)36-20-34-35(21-45-36)25(3)48-49-40(34)46-24(2)31-8-5-9-33(38(31)42)39(43)44/h4-11,18-21,24,27,32,39H,12-17,22H2,1-3H3,(H,46,49)(H,47,51,52). The number of imide groups is 1. The molecule has 0 saturated carbocycles. The van der Waals surface area contributed by atoms with Crippen molar-refractivity contribution in [1.29, 1.82) is 0 Å². The molecule has 2 fully saturated rings. The Morgan fingerprint density at radius 2 is 1.69 bits per heavy atom. The van der Waals surface area contributed by atoms with Gasteiger partial charge >= 0.3 is 0 Å². The lowest BCUT2D eigenvalue weighted by Gasteiger charge is -2.33. The predicted octanol–water partition coefficient (Wildman–Crippen LogP) is 8.46. The van der Waals surface area contributed by atoms with E-state index in [0.717, 1.165) is 66.1 Å². The number of nitrogens with one attached hydrogen (secondary N) is 2. The molecular weight excluding hydrogens is 665 g/mol. The predicted molar refractivity (Wildman–Crippen MR) is 194 cm³/mol. The van der Waals surface area contributed by atoms with Crippen molar-refractivity contribution in [1.82, 2.24) is 25.4 Å². The minimum absolute atomic E-state index is 0.122. The first-order valence-electron chi connectivity index (χ1n) is 17.8. The number of hydrogen-bond acceptors (Lipinski definition) is 7. The number of carbonyl (C=O) groups excluding carboxylic acids is 2. The lowest BCUT2D eigenvalue weighted by Crippen LogP contribution is -2.39. The summed E-state index contributed by atoms with van der Waals surface area (Å²) in [4.78, 5) is 31.2. The fourth-order valence-electron chi connectivity index (χ4n) is 7.67. The molecule has 0 aliphatic carbocycles. The van der Waals surface area contributed by atoms with Gasteiger partial charge in [-0.1, -0.05) is 54.6 Å². The fourth-order valence-corrected chi connectivity index (χ4v) is 7.67. The minimum Gasteiger partial charge on any atom is -0.361 e. The summed E-state index contributed by atoms with van der Waals surface area (Å²) in [6, 6.07) is 20.0. The Morgan fingerprint density at radius 1 is 0.923 bits per heavy atom. The number of piperidine rings is 2. The quantitative estimate of drug-likeness (QED) is 0.148. The van der Waals surface area contributed by atoms with E-state index in [-0.39, 0.29) is 23.3 Å². The van der Waals surface area contributed by atoms with Gasteiger partial charge in [-0.25, -0.2) is 13.2 Å². The first kappa shape index (κ1) is 35.3. The first-order chi connectivity index (χ1) is 25.0. The summed E-state index contributed by atoms with van der Waals surface area (Å²) in [5.74, 6) is -0.744. The lowest BCUT2D eigenvalue weighted by molar-refractivity contribution is -0.134. The molecule has 2 amide bonds. The Bertz CT molecular complexity index is 2150. The van der Waals surface area contributed by atoms with Crippen molar-refractivity contribution >= 4 is 28.4 Å². The second-order valence-electron chi connectivity index (χ2n) is 14.0. The highest BCUT2D eigenvalue weighted by Gasteiger charge is 2.29. The number of halogens is 3. The van der Waals surface area contributed by atoms with Crippen molar-refractivity contribution in [2.75, 3.05) is 18.4 Å². The number of carbonyl (C=O) groups is 2. The summed E-state index contributed by atoms with van der Waals surface area (Å²) in [5.41, 5.74) is 6.55. The molecule has 0 spiro atoms. The maximum atomic E-state index is 15.0. The normalized spacial score (nSPS) is 17.8. The van der Waals surface area contributed by atoms with Gasteiger partial charge in [-0.05, 0) is 93.4 Å². The van der Waals surface area contributed by atoms with Crippen molar-refractivity contribution in [3.63, 3.8) is 0 Å². The van der Waals surface area contributed by atoms with E-state index in [1.807, 2.05) is 25.1 Å². The van der Waals surface area contributed by atoms with Gasteiger partial charge in [0.05, 0.1) is 28.9 Å². The molecule has 0 bridgehead atoms. The number of rotatable bonds is 9. The molecule has 4 heterocycles. The van der Waals surface area contributed by atoms with Crippen LogP contribution in [-0.4, -0.2) is 45.0 Å². The largest absolute Gasteiger partial charge is 0.361 e. The summed E-state index contributed by atoms with van der Waals surface area (Å²) >= 11 is 0. The highest BCUT2D eigenvalue weighted by atomic mass is 19.3. The Labute approximate surface area is 300 Å². The van der Waals surface area contributed by atoms with E-state index < -0.39 is 23.8 Å². The first-order valence-corrected chi connectivity index (χ1v) is 17.8. The second kappa shape index (κ2) is 14.8. The summed E-state index contributed by atoms with van der Waals surface area (Å²) in [6.07, 6.45) is 1.85. The Kier molecular flexibility index (Phi) is 10.1. The molecule has 2 unspecified atom stereocenters. The van der Waals surface area contributed by atoms with Crippen LogP contribution in [0.1, 0.15) is 96.0 Å². The number of hydrogen-bond donors (Lipinski definition) is 2. The van der Waals surface area contributed by atoms with Gasteiger partial charge in [-0.2, -0.15) is 5.10 Å². The number of alkyl halides is 2. The molecule has 0 radical (unpaired) electrons. The van der Waals surface area contributed by atoms with Crippen LogP contribution in [-0.2, 0) is 16.1 Å². The third-order valence-corrected chi connectivity index (χ3v) is 10.6. The van der Waals surface area contributed by atoms with Crippen molar-refractivity contribution < 1.29 is 22.8 Å². The van der Waals surface area contributed by atoms with Gasteiger partial charge < -0.3 is 5.32 Å². The van der Waals surface area contributed by atoms with Crippen molar-refractivity contribution in [2.45, 2.75) is 77.3 Å². The molecule has 2 saturated heterocycles. The average molecular weight is 707 g/mol. The van der Waals surface area contributed by atoms with E-state index in [4.69, 9.17) is 4.98 Å². The van der Waals surface area contributed by atoms with Crippen LogP contribution in [0.25, 0.3) is 22.0 Å². The van der Waals surface area contributed by atoms with Gasteiger partial charge in [-0.15, -0.1) is 5.10 Å². The summed E-state index contributed by atoms with van der Waals surface area (Å²) < 4.78 is 41.7. The van der Waals surface area contributed by atoms with Gasteiger partial charge in [0.25, 0.3) is 6.43 Å². The van der Waals surface area contributed by atoms with Gasteiger partial charge in [0.1, 0.15) is 5.82 Å². The summed E-state index contributed by atoms with van der Waals surface area (Å²) in [5, 5.41) is 15.8. The number of amides is 2. The molecule has 52 heavy (non-hydrogen) atoms. The van der Waals surface area contributed by atoms with Crippen molar-refractivity contribution in [3.05, 3.63) is 118 Å². The number of anilines is 1. The molecule has 268 valence electrons. The van der Waals surface area contributed by atoms with E-state index in [0.29, 0.717) is 30.3 Å². The van der Waals surface area contributed by atoms with Crippen LogP contribution >= 0.6 is 0 Å². The van der Waals surface area contributed by atoms with Crippen LogP contribution in [0.3, 0.4) is 0 Å². The average Bonchev–Trinajstić information content (AvgIpc) is 3.13. The number of benzene rings is 3. The molecule has 2 N–H and O–H groups in total. The zero-order chi connectivity index (χ0) is 36.5. The van der Waals surface area contributed by atoms with Crippen LogP contribution in [0.4, 0.5) is 19.0 Å². The fraction of sp³-hybridized carbons (Fsp3) is 0.341. The van der Waals surface area contributed by atoms with Crippen LogP contribution < -0.4 is 10.6 Å². The van der Waals surface area contributed by atoms with E-state index in [1.54, 1.807) is 13.1 Å². The zero-order valence-electron chi connectivity index (χ0n) is 29.4. The Balaban J connectivity index is 1.03. The third-order valence-electron chi connectivity index (χ3n) is 10.6. The van der Waals surface area contributed by atoms with Gasteiger partial charge in [0.15, 0.2) is 5.82 Å². The molecule has 2 atom stereocenters. The lowest BCUT2D eigenvalue weighted by atomic mass is 9.83. The maximum Gasteiger partial charge on any atom is 0.266 e. The van der Waals surface area contributed by atoms with Crippen molar-refractivity contribution in [2.24, 2.45) is 0 Å². The molecule has 2 aliphatic rings. The molecule has 2 aliphatic heterocycles. The van der Waals surface area contributed by atoms with Crippen LogP contribution in [0.5, 0.6) is 0 Å². The molecule has 3 aromatic carbocycles. The third kappa shape index (κ3) is 7.27. The number of aromatic nitrogens is 3. The zero-order valence-corrected chi connectivity index (χ0v) is 29.4. The molecule has 7 rings (SSSR count). The van der Waals surface area contributed by atoms with Crippen LogP contribution in [0, 0.1) is 19.7 Å². The van der Waals surface area contributed by atoms with E-state index in [1.165, 1.54) is 28.8 Å². The molecule has 8 nitrogen and oxygen atoms in total. The number of aryl methyl sites for hydroxylation is 2. The van der Waals surface area contributed by atoms with E-state index >= 15 is 0 Å². The number of pyridine rings is 1. The summed E-state index contributed by atoms with van der Waals surface area (Å²) in [6.45, 7) is 8.39. The van der Waals surface area contributed by atoms with Gasteiger partial charge in [-0.3, -0.25) is 24.8 Å². The highest BCUT2D eigenvalue weighted by Crippen LogP contribution is 2.35. The smallest absolute Gasteiger partial charge is 0.266 e. The highest BCUT2D eigenvalue weighted by molar-refractivity contribution is 6.01. The number of nitrogens with zero attached hydrogens (tertiary/aromatic N) is 4. The van der Waals surface area contributed by atoms with Gasteiger partial charge in [0.2, 0.25) is 11.8 Å². The van der Waals surface area contributed by atoms with Gasteiger partial charge in [0, 0.05) is 41.1 Å². The van der Waals surface area contributed by atoms with E-state index in [9.17, 15) is 22.8 Å². The monoisotopic (exact) mass is 706 g/mol. The second-order valence-corrected chi connectivity index (χ2v) is 14.0. The number of fused-ring (bicyclic) bond motifs is 1. The minimum atomic E-state index is -2.91. The number of likely N-dealkylation sites (tertiary alicyclic amines) is 1. The SMILES string of the molecule is Cc1cc(C2CCC(=O)NC2=O)ccc1C1CCN(Cc2cccc(-c3cc4c(NC(C)c5cccc(C(F)F)c5F)nnc(C)c4cn3)c2)CC1. The molecular formula is C41H41F3N6O2. The van der Waals surface area contributed by atoms with Crippen LogP contribution in [0.2, 0.25) is 0 Å². The summed E-state index contributed by atoms with van der Waals surface area (Å²) in [7, 11) is 0. The van der Waals surface area contributed by atoms with E-state index in [2.05, 4.69) is 63.0 Å². The molecule has 11 heteroatoms. The van der Waals surface area contributed by atoms with Crippen LogP contribution in [0.15, 0.2) is 72.9 Å². The topological polar surface area (TPSA) is 100 Å². The molecule has 5 aromatic rings. The Morgan fingerprint density at radius 3 is 2.44 bits per heavy atom.